The zero-order valence-corrected chi connectivity index (χ0v) is 15.8. The second kappa shape index (κ2) is 8.64. The van der Waals surface area contributed by atoms with E-state index in [1.807, 2.05) is 24.3 Å². The van der Waals surface area contributed by atoms with E-state index in [2.05, 4.69) is 0 Å². The Kier molecular flexibility index (Phi) is 6.25. The molecule has 0 amide bonds. The predicted octanol–water partition coefficient (Wildman–Crippen LogP) is 7.18. The van der Waals surface area contributed by atoms with Gasteiger partial charge in [0.05, 0.1) is 12.4 Å². The highest BCUT2D eigenvalue weighted by molar-refractivity contribution is 5.65. The van der Waals surface area contributed by atoms with Crippen molar-refractivity contribution in [2.24, 2.45) is 5.92 Å². The molecule has 0 unspecified atom stereocenters. The molecule has 2 aromatic rings. The monoisotopic (exact) mass is 374 g/mol. The molecule has 0 bridgehead atoms. The minimum absolute atomic E-state index is 0.0651. The first-order valence-corrected chi connectivity index (χ1v) is 9.54. The smallest absolute Gasteiger partial charge is 0.201 e. The molecule has 0 aromatic heterocycles. The average molecular weight is 374 g/mol. The van der Waals surface area contributed by atoms with Gasteiger partial charge in [-0.05, 0) is 74.6 Å². The molecular weight excluding hydrogens is 349 g/mol. The molecule has 1 nitrogen and oxygen atoms in total. The molecule has 144 valence electrons. The zero-order chi connectivity index (χ0) is 19.4. The maximum Gasteiger partial charge on any atom is 0.201 e. The number of hydrogen-bond donors (Lipinski definition) is 0. The van der Waals surface area contributed by atoms with Gasteiger partial charge in [0.2, 0.25) is 5.82 Å². The van der Waals surface area contributed by atoms with E-state index in [4.69, 9.17) is 4.74 Å². The summed E-state index contributed by atoms with van der Waals surface area (Å²) in [5.41, 5.74) is 2.07. The van der Waals surface area contributed by atoms with Crippen molar-refractivity contribution in [1.29, 1.82) is 0 Å². The summed E-state index contributed by atoms with van der Waals surface area (Å²) in [6.07, 6.45) is 5.71. The van der Waals surface area contributed by atoms with Crippen LogP contribution in [0.1, 0.15) is 51.0 Å². The van der Waals surface area contributed by atoms with Gasteiger partial charge in [0, 0.05) is 5.56 Å². The van der Waals surface area contributed by atoms with E-state index in [1.54, 1.807) is 19.1 Å². The van der Waals surface area contributed by atoms with Crippen LogP contribution in [0.15, 0.2) is 48.3 Å². The SMILES string of the molecule is CCOc1ccc(-c2ccc(C3CCC(C=C(C)F)CC3)cc2)c(F)c1F. The van der Waals surface area contributed by atoms with Gasteiger partial charge in [-0.1, -0.05) is 30.3 Å². The van der Waals surface area contributed by atoms with Crippen LogP contribution in [0, 0.1) is 17.6 Å². The molecule has 4 heteroatoms. The fraction of sp³-hybridized carbons (Fsp3) is 0.391. The maximum atomic E-state index is 14.4. The van der Waals surface area contributed by atoms with Crippen molar-refractivity contribution >= 4 is 0 Å². The molecule has 0 heterocycles. The van der Waals surface area contributed by atoms with Crippen LogP contribution < -0.4 is 4.74 Å². The van der Waals surface area contributed by atoms with Crippen molar-refractivity contribution in [1.82, 2.24) is 0 Å². The Morgan fingerprint density at radius 2 is 1.67 bits per heavy atom. The number of benzene rings is 2. The van der Waals surface area contributed by atoms with E-state index in [1.165, 1.54) is 18.6 Å². The Balaban J connectivity index is 1.73. The Morgan fingerprint density at radius 1 is 1.00 bits per heavy atom. The van der Waals surface area contributed by atoms with E-state index in [-0.39, 0.29) is 23.7 Å². The molecular formula is C23H25F3O. The van der Waals surface area contributed by atoms with E-state index in [0.29, 0.717) is 17.4 Å². The van der Waals surface area contributed by atoms with Crippen LogP contribution in [0.5, 0.6) is 5.75 Å². The molecule has 0 atom stereocenters. The lowest BCUT2D eigenvalue weighted by Gasteiger charge is -2.27. The molecule has 0 aliphatic heterocycles. The Morgan fingerprint density at radius 3 is 2.26 bits per heavy atom. The first kappa shape index (κ1) is 19.5. The van der Waals surface area contributed by atoms with Gasteiger partial charge in [-0.25, -0.2) is 8.78 Å². The first-order valence-electron chi connectivity index (χ1n) is 9.54. The van der Waals surface area contributed by atoms with Crippen LogP contribution in [-0.2, 0) is 0 Å². The molecule has 0 spiro atoms. The average Bonchev–Trinajstić information content (AvgIpc) is 2.66. The molecule has 27 heavy (non-hydrogen) atoms. The van der Waals surface area contributed by atoms with Crippen molar-refractivity contribution < 1.29 is 17.9 Å². The highest BCUT2D eigenvalue weighted by Gasteiger charge is 2.22. The van der Waals surface area contributed by atoms with Gasteiger partial charge in [-0.2, -0.15) is 4.39 Å². The van der Waals surface area contributed by atoms with Gasteiger partial charge in [0.25, 0.3) is 0 Å². The number of ether oxygens (including phenoxy) is 1. The van der Waals surface area contributed by atoms with Crippen LogP contribution >= 0.6 is 0 Å². The minimum atomic E-state index is -0.951. The fourth-order valence-electron chi connectivity index (χ4n) is 3.90. The van der Waals surface area contributed by atoms with Gasteiger partial charge < -0.3 is 4.74 Å². The summed E-state index contributed by atoms with van der Waals surface area (Å²) < 4.78 is 46.6. The summed E-state index contributed by atoms with van der Waals surface area (Å²) in [7, 11) is 0. The standard InChI is InChI=1S/C23H25F3O/c1-3-27-21-13-12-20(22(25)23(21)26)19-10-8-18(9-11-19)17-6-4-16(5-7-17)14-15(2)24/h8-14,16-17H,3-7H2,1-2H3. The van der Waals surface area contributed by atoms with Crippen LogP contribution in [0.4, 0.5) is 13.2 Å². The molecule has 0 saturated heterocycles. The zero-order valence-electron chi connectivity index (χ0n) is 15.8. The molecule has 3 rings (SSSR count). The summed E-state index contributed by atoms with van der Waals surface area (Å²) in [5.74, 6) is -1.25. The first-order chi connectivity index (χ1) is 13.0. The van der Waals surface area contributed by atoms with E-state index in [0.717, 1.165) is 25.7 Å². The maximum absolute atomic E-state index is 14.4. The second-order valence-corrected chi connectivity index (χ2v) is 7.16. The largest absolute Gasteiger partial charge is 0.491 e. The molecule has 2 aromatic carbocycles. The lowest BCUT2D eigenvalue weighted by molar-refractivity contribution is 0.314. The number of halogens is 3. The molecule has 1 aliphatic rings. The molecule has 1 fully saturated rings. The van der Waals surface area contributed by atoms with E-state index >= 15 is 0 Å². The van der Waals surface area contributed by atoms with Gasteiger partial charge >= 0.3 is 0 Å². The molecule has 0 N–H and O–H groups in total. The van der Waals surface area contributed by atoms with Gasteiger partial charge in [0.1, 0.15) is 0 Å². The third-order valence-corrected chi connectivity index (χ3v) is 5.28. The lowest BCUT2D eigenvalue weighted by Crippen LogP contribution is -2.11. The molecule has 1 aliphatic carbocycles. The van der Waals surface area contributed by atoms with Crippen molar-refractivity contribution in [2.45, 2.75) is 45.4 Å². The Hall–Kier alpha value is -2.23. The Bertz CT molecular complexity index is 799. The van der Waals surface area contributed by atoms with Crippen LogP contribution in [-0.4, -0.2) is 6.61 Å². The third kappa shape index (κ3) is 4.55. The van der Waals surface area contributed by atoms with Gasteiger partial charge in [-0.3, -0.25) is 0 Å². The molecule has 1 saturated carbocycles. The van der Waals surface area contributed by atoms with Crippen molar-refractivity contribution in [2.75, 3.05) is 6.61 Å². The Labute approximate surface area is 158 Å². The molecule has 0 radical (unpaired) electrons. The summed E-state index contributed by atoms with van der Waals surface area (Å²) in [6.45, 7) is 3.51. The van der Waals surface area contributed by atoms with Crippen LogP contribution in [0.3, 0.4) is 0 Å². The summed E-state index contributed by atoms with van der Waals surface area (Å²) in [5, 5.41) is 0. The fourth-order valence-corrected chi connectivity index (χ4v) is 3.90. The summed E-state index contributed by atoms with van der Waals surface area (Å²) in [6, 6.07) is 10.7. The third-order valence-electron chi connectivity index (χ3n) is 5.28. The number of allylic oxidation sites excluding steroid dienone is 2. The van der Waals surface area contributed by atoms with Crippen LogP contribution in [0.25, 0.3) is 11.1 Å². The van der Waals surface area contributed by atoms with Gasteiger partial charge in [0.15, 0.2) is 11.6 Å². The summed E-state index contributed by atoms with van der Waals surface area (Å²) in [4.78, 5) is 0. The normalized spacial score (nSPS) is 20.6. The van der Waals surface area contributed by atoms with Crippen molar-refractivity contribution in [3.63, 3.8) is 0 Å². The van der Waals surface area contributed by atoms with Crippen molar-refractivity contribution in [3.8, 4) is 16.9 Å². The predicted molar refractivity (Wildman–Crippen MR) is 103 cm³/mol. The number of hydrogen-bond acceptors (Lipinski definition) is 1. The van der Waals surface area contributed by atoms with Crippen LogP contribution in [0.2, 0.25) is 0 Å². The topological polar surface area (TPSA) is 9.23 Å². The minimum Gasteiger partial charge on any atom is -0.491 e. The van der Waals surface area contributed by atoms with E-state index in [9.17, 15) is 13.2 Å². The van der Waals surface area contributed by atoms with Gasteiger partial charge in [-0.15, -0.1) is 0 Å². The van der Waals surface area contributed by atoms with Crippen molar-refractivity contribution in [3.05, 3.63) is 65.5 Å². The quantitative estimate of drug-likeness (QED) is 0.539. The second-order valence-electron chi connectivity index (χ2n) is 7.16. The van der Waals surface area contributed by atoms with E-state index < -0.39 is 11.6 Å². The highest BCUT2D eigenvalue weighted by Crippen LogP contribution is 2.38. The highest BCUT2D eigenvalue weighted by atomic mass is 19.2. The number of rotatable bonds is 5. The summed E-state index contributed by atoms with van der Waals surface area (Å²) >= 11 is 0. The lowest BCUT2D eigenvalue weighted by atomic mass is 9.78.